The Morgan fingerprint density at radius 1 is 1.50 bits per heavy atom. The van der Waals surface area contributed by atoms with Crippen LogP contribution < -0.4 is 4.57 Å². The first kappa shape index (κ1) is 11.2. The van der Waals surface area contributed by atoms with E-state index in [2.05, 4.69) is 38.5 Å². The van der Waals surface area contributed by atoms with Gasteiger partial charge >= 0.3 is 0 Å². The van der Waals surface area contributed by atoms with Crippen molar-refractivity contribution in [2.45, 2.75) is 13.5 Å². The van der Waals surface area contributed by atoms with E-state index in [1.165, 1.54) is 5.69 Å². The molecular formula is C13H15N4S+. The summed E-state index contributed by atoms with van der Waals surface area (Å²) in [5.74, 6) is 0. The number of aromatic nitrogens is 4. The minimum Gasteiger partial charge on any atom is -0.361 e. The van der Waals surface area contributed by atoms with Crippen molar-refractivity contribution in [1.82, 2.24) is 14.5 Å². The molecular weight excluding hydrogens is 244 g/mol. The normalized spacial score (nSPS) is 11.0. The van der Waals surface area contributed by atoms with Crippen molar-refractivity contribution in [2.24, 2.45) is 7.05 Å². The lowest BCUT2D eigenvalue weighted by Crippen LogP contribution is -2.23. The number of rotatable bonds is 3. The van der Waals surface area contributed by atoms with Gasteiger partial charge < -0.3 is 4.98 Å². The van der Waals surface area contributed by atoms with Gasteiger partial charge in [-0.2, -0.15) is 0 Å². The second-order valence-electron chi connectivity index (χ2n) is 4.42. The molecule has 0 amide bonds. The number of H-pyrrole nitrogens is 1. The van der Waals surface area contributed by atoms with Crippen LogP contribution in [-0.2, 0) is 13.6 Å². The van der Waals surface area contributed by atoms with E-state index in [0.717, 1.165) is 22.8 Å². The van der Waals surface area contributed by atoms with Gasteiger partial charge in [-0.1, -0.05) is 0 Å². The molecule has 3 aromatic rings. The zero-order chi connectivity index (χ0) is 12.5. The first-order chi connectivity index (χ1) is 8.70. The zero-order valence-corrected chi connectivity index (χ0v) is 11.2. The van der Waals surface area contributed by atoms with Crippen molar-refractivity contribution in [1.29, 1.82) is 0 Å². The highest BCUT2D eigenvalue weighted by molar-refractivity contribution is 7.09. The van der Waals surface area contributed by atoms with Crippen molar-refractivity contribution >= 4 is 11.3 Å². The Bertz CT molecular complexity index is 662. The van der Waals surface area contributed by atoms with E-state index in [-0.39, 0.29) is 0 Å². The van der Waals surface area contributed by atoms with Crippen LogP contribution in [0.5, 0.6) is 0 Å². The Hall–Kier alpha value is -1.88. The lowest BCUT2D eigenvalue weighted by atomic mass is 10.2. The van der Waals surface area contributed by atoms with Crippen LogP contribution in [0.25, 0.3) is 11.3 Å². The number of thiazole rings is 1. The van der Waals surface area contributed by atoms with E-state index in [1.54, 1.807) is 11.3 Å². The van der Waals surface area contributed by atoms with Crippen molar-refractivity contribution in [3.8, 4) is 11.3 Å². The number of aromatic amines is 1. The molecule has 5 heteroatoms. The second-order valence-corrected chi connectivity index (χ2v) is 5.48. The molecule has 0 aromatic carbocycles. The summed E-state index contributed by atoms with van der Waals surface area (Å²) in [5, 5.41) is 3.20. The monoisotopic (exact) mass is 259 g/mol. The fraction of sp³-hybridized carbons (Fsp3) is 0.231. The van der Waals surface area contributed by atoms with Crippen LogP contribution in [0.2, 0.25) is 0 Å². The van der Waals surface area contributed by atoms with Crippen LogP contribution in [-0.4, -0.2) is 14.5 Å². The Balaban J connectivity index is 1.81. The van der Waals surface area contributed by atoms with Crippen LogP contribution in [0.3, 0.4) is 0 Å². The minimum atomic E-state index is 0.851. The lowest BCUT2D eigenvalue weighted by molar-refractivity contribution is -0.671. The van der Waals surface area contributed by atoms with E-state index in [0.29, 0.717) is 0 Å². The van der Waals surface area contributed by atoms with Crippen molar-refractivity contribution < 1.29 is 4.57 Å². The number of nitrogens with zero attached hydrogens (tertiary/aromatic N) is 3. The molecule has 4 nitrogen and oxygen atoms in total. The number of aryl methyl sites for hydroxylation is 2. The van der Waals surface area contributed by atoms with E-state index >= 15 is 0 Å². The summed E-state index contributed by atoms with van der Waals surface area (Å²) in [4.78, 5) is 7.80. The number of imidazole rings is 1. The first-order valence-corrected chi connectivity index (χ1v) is 6.69. The predicted octanol–water partition coefficient (Wildman–Crippen LogP) is 2.12. The summed E-state index contributed by atoms with van der Waals surface area (Å²) < 4.78 is 4.18. The Morgan fingerprint density at radius 2 is 2.39 bits per heavy atom. The highest BCUT2D eigenvalue weighted by Crippen LogP contribution is 2.22. The molecule has 0 radical (unpaired) electrons. The summed E-state index contributed by atoms with van der Waals surface area (Å²) >= 11 is 1.68. The summed E-state index contributed by atoms with van der Waals surface area (Å²) in [5.41, 5.74) is 3.40. The van der Waals surface area contributed by atoms with E-state index in [1.807, 2.05) is 30.9 Å². The maximum Gasteiger partial charge on any atom is 0.243 e. The third-order valence-corrected chi connectivity index (χ3v) is 3.61. The first-order valence-electron chi connectivity index (χ1n) is 5.81. The van der Waals surface area contributed by atoms with Gasteiger partial charge in [0.2, 0.25) is 6.33 Å². The topological polar surface area (TPSA) is 37.5 Å². The SMILES string of the molecule is Cc1nc(-c2c[nH]c(Cn3cc[n+](C)c3)c2)cs1. The summed E-state index contributed by atoms with van der Waals surface area (Å²) in [6, 6.07) is 2.16. The van der Waals surface area contributed by atoms with Gasteiger partial charge in [-0.15, -0.1) is 11.3 Å². The molecule has 0 unspecified atom stereocenters. The molecule has 3 rings (SSSR count). The molecule has 0 fully saturated rings. The van der Waals surface area contributed by atoms with Gasteiger partial charge in [0.05, 0.1) is 23.4 Å². The van der Waals surface area contributed by atoms with Crippen molar-refractivity contribution in [3.05, 3.63) is 47.1 Å². The summed E-state index contributed by atoms with van der Waals surface area (Å²) in [7, 11) is 2.02. The van der Waals surface area contributed by atoms with Crippen LogP contribution in [0, 0.1) is 6.92 Å². The fourth-order valence-corrected chi connectivity index (χ4v) is 2.59. The molecule has 0 bridgehead atoms. The maximum atomic E-state index is 4.49. The smallest absolute Gasteiger partial charge is 0.243 e. The standard InChI is InChI=1S/C13H15N4S/c1-10-15-13(8-18-10)11-5-12(14-6-11)7-17-4-3-16(2)9-17/h3-6,8-9,14H,7H2,1-2H3/q+1. The number of hydrogen-bond acceptors (Lipinski definition) is 2. The van der Waals surface area contributed by atoms with Crippen LogP contribution >= 0.6 is 11.3 Å². The van der Waals surface area contributed by atoms with Crippen LogP contribution in [0.4, 0.5) is 0 Å². The van der Waals surface area contributed by atoms with E-state index in [4.69, 9.17) is 0 Å². The molecule has 3 heterocycles. The molecule has 0 saturated carbocycles. The zero-order valence-electron chi connectivity index (χ0n) is 10.4. The Morgan fingerprint density at radius 3 is 3.06 bits per heavy atom. The molecule has 0 aliphatic rings. The molecule has 0 atom stereocenters. The molecule has 0 spiro atoms. The van der Waals surface area contributed by atoms with Gasteiger partial charge in [-0.3, -0.25) is 0 Å². The number of hydrogen-bond donors (Lipinski definition) is 1. The average Bonchev–Trinajstić information content (AvgIpc) is 3.01. The van der Waals surface area contributed by atoms with Crippen LogP contribution in [0.15, 0.2) is 36.4 Å². The van der Waals surface area contributed by atoms with Gasteiger partial charge in [0.15, 0.2) is 0 Å². The Labute approximate surface area is 110 Å². The Kier molecular flexibility index (Phi) is 2.76. The second kappa shape index (κ2) is 4.42. The lowest BCUT2D eigenvalue weighted by Gasteiger charge is -1.92. The molecule has 1 N–H and O–H groups in total. The summed E-state index contributed by atoms with van der Waals surface area (Å²) in [6.07, 6.45) is 8.18. The molecule has 0 saturated heterocycles. The molecule has 0 aliphatic heterocycles. The molecule has 3 aromatic heterocycles. The predicted molar refractivity (Wildman–Crippen MR) is 71.3 cm³/mol. The molecule has 92 valence electrons. The number of nitrogens with one attached hydrogen (secondary N) is 1. The minimum absolute atomic E-state index is 0.851. The van der Waals surface area contributed by atoms with Crippen LogP contribution in [0.1, 0.15) is 10.7 Å². The molecule has 18 heavy (non-hydrogen) atoms. The summed E-state index contributed by atoms with van der Waals surface area (Å²) in [6.45, 7) is 2.88. The van der Waals surface area contributed by atoms with Crippen molar-refractivity contribution in [3.63, 3.8) is 0 Å². The molecule has 0 aliphatic carbocycles. The highest BCUT2D eigenvalue weighted by atomic mass is 32.1. The highest BCUT2D eigenvalue weighted by Gasteiger charge is 2.07. The van der Waals surface area contributed by atoms with Gasteiger partial charge in [-0.25, -0.2) is 14.1 Å². The third-order valence-electron chi connectivity index (χ3n) is 2.83. The largest absolute Gasteiger partial charge is 0.361 e. The van der Waals surface area contributed by atoms with Crippen molar-refractivity contribution in [2.75, 3.05) is 0 Å². The van der Waals surface area contributed by atoms with Gasteiger partial charge in [-0.05, 0) is 13.0 Å². The van der Waals surface area contributed by atoms with E-state index in [9.17, 15) is 0 Å². The van der Waals surface area contributed by atoms with Gasteiger partial charge in [0.25, 0.3) is 0 Å². The fourth-order valence-electron chi connectivity index (χ4n) is 1.97. The quantitative estimate of drug-likeness (QED) is 0.719. The van der Waals surface area contributed by atoms with Gasteiger partial charge in [0, 0.05) is 17.1 Å². The maximum absolute atomic E-state index is 4.49. The van der Waals surface area contributed by atoms with E-state index < -0.39 is 0 Å². The van der Waals surface area contributed by atoms with Gasteiger partial charge in [0.1, 0.15) is 18.9 Å². The third kappa shape index (κ3) is 2.22. The average molecular weight is 259 g/mol.